The predicted molar refractivity (Wildman–Crippen MR) is 79.5 cm³/mol. The number of nitrogens with zero attached hydrogens (tertiary/aromatic N) is 1. The molecular formula is C13H21FN2O2S. The number of phenolic OH excluding ortho intramolecular Hbond substituents is 1. The lowest BCUT2D eigenvalue weighted by atomic mass is 10.3. The van der Waals surface area contributed by atoms with E-state index in [2.05, 4.69) is 18.8 Å². The first-order valence-electron chi connectivity index (χ1n) is 6.16. The Morgan fingerprint density at radius 2 is 1.95 bits per heavy atom. The zero-order valence-electron chi connectivity index (χ0n) is 12.0. The van der Waals surface area contributed by atoms with Gasteiger partial charge in [0.2, 0.25) is 0 Å². The smallest absolute Gasteiger partial charge is 0.184 e. The van der Waals surface area contributed by atoms with Crippen molar-refractivity contribution in [1.82, 2.24) is 4.98 Å². The Bertz CT molecular complexity index is 515. The lowest BCUT2D eigenvalue weighted by molar-refractivity contribution is 0.403. The first kappa shape index (κ1) is 17.4. The Morgan fingerprint density at radius 3 is 2.42 bits per heavy atom. The molecule has 0 saturated carbocycles. The van der Waals surface area contributed by atoms with Crippen molar-refractivity contribution in [2.75, 3.05) is 12.8 Å². The van der Waals surface area contributed by atoms with Crippen LogP contribution in [0.5, 0.6) is 11.5 Å². The molecule has 2 aromatic rings. The molecule has 1 aromatic heterocycles. The van der Waals surface area contributed by atoms with E-state index in [1.54, 1.807) is 0 Å². The highest BCUT2D eigenvalue weighted by Crippen LogP contribution is 2.37. The van der Waals surface area contributed by atoms with Crippen LogP contribution in [0.2, 0.25) is 0 Å². The summed E-state index contributed by atoms with van der Waals surface area (Å²) in [6, 6.07) is 1.18. The van der Waals surface area contributed by atoms with Gasteiger partial charge in [0.15, 0.2) is 16.7 Å². The van der Waals surface area contributed by atoms with Crippen LogP contribution in [0.4, 0.5) is 9.52 Å². The summed E-state index contributed by atoms with van der Waals surface area (Å²) in [5, 5.41) is 9.46. The van der Waals surface area contributed by atoms with Gasteiger partial charge in [-0.15, -0.1) is 0 Å². The number of methoxy groups -OCH3 is 1. The molecule has 0 radical (unpaired) electrons. The van der Waals surface area contributed by atoms with E-state index >= 15 is 0 Å². The van der Waals surface area contributed by atoms with Gasteiger partial charge in [-0.05, 0) is 0 Å². The second kappa shape index (κ2) is 8.53. The van der Waals surface area contributed by atoms with E-state index in [1.807, 2.05) is 13.8 Å². The third kappa shape index (κ3) is 4.24. The number of hydrogen-bond donors (Lipinski definition) is 2. The molecule has 4 nitrogen and oxygen atoms in total. The average molecular weight is 288 g/mol. The summed E-state index contributed by atoms with van der Waals surface area (Å²) in [4.78, 5) is 3.91. The van der Waals surface area contributed by atoms with Crippen molar-refractivity contribution in [3.63, 3.8) is 0 Å². The third-order valence-corrected chi connectivity index (χ3v) is 2.67. The van der Waals surface area contributed by atoms with Gasteiger partial charge in [-0.1, -0.05) is 45.5 Å². The van der Waals surface area contributed by atoms with E-state index in [9.17, 15) is 9.50 Å². The number of aromatic hydroxyl groups is 1. The van der Waals surface area contributed by atoms with E-state index in [1.165, 1.54) is 19.6 Å². The Morgan fingerprint density at radius 1 is 1.42 bits per heavy atom. The molecule has 108 valence electrons. The minimum atomic E-state index is -0.713. The van der Waals surface area contributed by atoms with Gasteiger partial charge in [-0.2, -0.15) is 0 Å². The standard InChI is InChI=1S/C8H7FN2O2S.C3H8.C2H6/c1-13-4-2-3(12)5(9)7-6(4)11-8(10)14-7;1-3-2;1-2/h2,12H,1H3,(H2,10,11);3H2,1-2H3;1-2H3. The first-order chi connectivity index (χ1) is 9.04. The van der Waals surface area contributed by atoms with Crippen LogP contribution in [0.1, 0.15) is 34.1 Å². The van der Waals surface area contributed by atoms with E-state index in [4.69, 9.17) is 10.5 Å². The molecule has 0 fully saturated rings. The number of fused-ring (bicyclic) bond motifs is 1. The van der Waals surface area contributed by atoms with E-state index in [0.29, 0.717) is 11.3 Å². The lowest BCUT2D eigenvalue weighted by Gasteiger charge is -2.02. The lowest BCUT2D eigenvalue weighted by Crippen LogP contribution is -1.87. The normalized spacial score (nSPS) is 9.16. The fraction of sp³-hybridized carbons (Fsp3) is 0.462. The summed E-state index contributed by atoms with van der Waals surface area (Å²) < 4.78 is 18.5. The van der Waals surface area contributed by atoms with Crippen LogP contribution >= 0.6 is 11.3 Å². The number of rotatable bonds is 1. The van der Waals surface area contributed by atoms with E-state index in [0.717, 1.165) is 11.3 Å². The summed E-state index contributed by atoms with van der Waals surface area (Å²) in [5.41, 5.74) is 5.77. The number of halogens is 1. The van der Waals surface area contributed by atoms with Gasteiger partial charge >= 0.3 is 0 Å². The SMILES string of the molecule is CC.CCC.COc1cc(O)c(F)c2sc(N)nc12. The largest absolute Gasteiger partial charge is 0.505 e. The van der Waals surface area contributed by atoms with Crippen molar-refractivity contribution in [2.45, 2.75) is 34.1 Å². The molecule has 0 amide bonds. The zero-order chi connectivity index (χ0) is 15.0. The molecule has 6 heteroatoms. The van der Waals surface area contributed by atoms with Crippen LogP contribution in [0, 0.1) is 5.82 Å². The second-order valence-corrected chi connectivity index (χ2v) is 4.38. The molecular weight excluding hydrogens is 267 g/mol. The second-order valence-electron chi connectivity index (χ2n) is 3.35. The molecule has 1 heterocycles. The van der Waals surface area contributed by atoms with Gasteiger partial charge in [0.05, 0.1) is 11.8 Å². The van der Waals surface area contributed by atoms with Crippen LogP contribution in [-0.4, -0.2) is 17.2 Å². The minimum Gasteiger partial charge on any atom is -0.505 e. The molecule has 0 aliphatic carbocycles. The van der Waals surface area contributed by atoms with E-state index in [-0.39, 0.29) is 9.83 Å². The molecule has 0 spiro atoms. The van der Waals surface area contributed by atoms with Crippen molar-refractivity contribution in [3.8, 4) is 11.5 Å². The summed E-state index contributed by atoms with van der Waals surface area (Å²) in [6.07, 6.45) is 1.25. The molecule has 0 aliphatic heterocycles. The average Bonchev–Trinajstić information content (AvgIpc) is 2.79. The number of aromatic nitrogens is 1. The number of phenols is 1. The molecule has 3 N–H and O–H groups in total. The van der Waals surface area contributed by atoms with Crippen molar-refractivity contribution < 1.29 is 14.2 Å². The van der Waals surface area contributed by atoms with Crippen LogP contribution in [0.25, 0.3) is 10.2 Å². The maximum absolute atomic E-state index is 13.3. The minimum absolute atomic E-state index is 0.208. The van der Waals surface area contributed by atoms with Gasteiger partial charge in [0, 0.05) is 6.07 Å². The van der Waals surface area contributed by atoms with Crippen LogP contribution in [0.3, 0.4) is 0 Å². The molecule has 0 aliphatic rings. The molecule has 0 saturated heterocycles. The number of nitrogen functional groups attached to an aromatic ring is 1. The van der Waals surface area contributed by atoms with Crippen LogP contribution in [0.15, 0.2) is 6.07 Å². The monoisotopic (exact) mass is 288 g/mol. The topological polar surface area (TPSA) is 68.4 Å². The quantitative estimate of drug-likeness (QED) is 0.826. The van der Waals surface area contributed by atoms with Crippen molar-refractivity contribution in [3.05, 3.63) is 11.9 Å². The number of ether oxygens (including phenoxy) is 1. The number of benzene rings is 1. The fourth-order valence-electron chi connectivity index (χ4n) is 1.18. The Hall–Kier alpha value is -1.56. The number of thiazole rings is 1. The van der Waals surface area contributed by atoms with Gasteiger partial charge in [-0.3, -0.25) is 0 Å². The van der Waals surface area contributed by atoms with Crippen LogP contribution in [-0.2, 0) is 0 Å². The summed E-state index contributed by atoms with van der Waals surface area (Å²) >= 11 is 0.974. The van der Waals surface area contributed by atoms with Crippen molar-refractivity contribution in [2.24, 2.45) is 0 Å². The predicted octanol–water partition coefficient (Wildman–Crippen LogP) is 4.17. The zero-order valence-corrected chi connectivity index (χ0v) is 12.8. The first-order valence-corrected chi connectivity index (χ1v) is 6.98. The Balaban J connectivity index is 0.000000573. The molecule has 1 aromatic carbocycles. The highest BCUT2D eigenvalue weighted by Gasteiger charge is 2.15. The molecule has 0 unspecified atom stereocenters. The van der Waals surface area contributed by atoms with Gasteiger partial charge in [-0.25, -0.2) is 9.37 Å². The molecule has 0 atom stereocenters. The van der Waals surface area contributed by atoms with Gasteiger partial charge < -0.3 is 15.6 Å². The maximum Gasteiger partial charge on any atom is 0.184 e. The highest BCUT2D eigenvalue weighted by atomic mass is 32.1. The Labute approximate surface area is 117 Å². The maximum atomic E-state index is 13.3. The molecule has 0 bridgehead atoms. The third-order valence-electron chi connectivity index (χ3n) is 1.79. The highest BCUT2D eigenvalue weighted by molar-refractivity contribution is 7.22. The van der Waals surface area contributed by atoms with Crippen molar-refractivity contribution in [1.29, 1.82) is 0 Å². The summed E-state index contributed by atoms with van der Waals surface area (Å²) in [5.74, 6) is -0.861. The molecule has 19 heavy (non-hydrogen) atoms. The fourth-order valence-corrected chi connectivity index (χ4v) is 1.96. The van der Waals surface area contributed by atoms with Gasteiger partial charge in [0.25, 0.3) is 0 Å². The van der Waals surface area contributed by atoms with Gasteiger partial charge in [0.1, 0.15) is 11.3 Å². The number of anilines is 1. The van der Waals surface area contributed by atoms with Crippen molar-refractivity contribution >= 4 is 26.7 Å². The number of hydrogen-bond acceptors (Lipinski definition) is 5. The number of nitrogens with two attached hydrogens (primary N) is 1. The molecule has 2 rings (SSSR count). The summed E-state index contributed by atoms with van der Waals surface area (Å²) in [7, 11) is 1.42. The van der Waals surface area contributed by atoms with E-state index < -0.39 is 11.6 Å². The Kier molecular flexibility index (Phi) is 7.83. The van der Waals surface area contributed by atoms with Crippen LogP contribution < -0.4 is 10.5 Å². The summed E-state index contributed by atoms with van der Waals surface area (Å²) in [6.45, 7) is 8.25.